The number of nitrogen functional groups attached to an aromatic ring is 1. The van der Waals surface area contributed by atoms with E-state index in [1.54, 1.807) is 55.9 Å². The van der Waals surface area contributed by atoms with Crippen molar-refractivity contribution in [1.29, 1.82) is 5.26 Å². The van der Waals surface area contributed by atoms with Gasteiger partial charge in [0, 0.05) is 17.3 Å². The van der Waals surface area contributed by atoms with Crippen LogP contribution in [-0.2, 0) is 12.1 Å². The molecule has 9 heteroatoms. The van der Waals surface area contributed by atoms with Crippen LogP contribution in [0.25, 0.3) is 22.5 Å². The lowest BCUT2D eigenvalue weighted by molar-refractivity contribution is 0.0736. The summed E-state index contributed by atoms with van der Waals surface area (Å²) in [5, 5.41) is 23.8. The average Bonchev–Trinajstić information content (AvgIpc) is 3.23. The molecule has 0 radical (unpaired) electrons. The molecule has 0 aliphatic rings. The van der Waals surface area contributed by atoms with Gasteiger partial charge in [0.05, 0.1) is 35.8 Å². The van der Waals surface area contributed by atoms with Gasteiger partial charge in [-0.15, -0.1) is 0 Å². The molecule has 0 amide bonds. The largest absolute Gasteiger partial charge is 0.384 e. The highest BCUT2D eigenvalue weighted by Gasteiger charge is 2.21. The number of nitriles is 1. The number of nitrogens with two attached hydrogens (primary N) is 1. The number of aliphatic hydroxyl groups is 1. The van der Waals surface area contributed by atoms with Gasteiger partial charge in [0.1, 0.15) is 17.0 Å². The Labute approximate surface area is 190 Å². The maximum atomic E-state index is 15.5. The zero-order valence-electron chi connectivity index (χ0n) is 18.4. The molecular weight excluding hydrogens is 421 g/mol. The molecule has 166 valence electrons. The van der Waals surface area contributed by atoms with Gasteiger partial charge in [-0.3, -0.25) is 9.67 Å². The molecule has 3 heterocycles. The van der Waals surface area contributed by atoms with Crippen molar-refractivity contribution in [3.05, 3.63) is 77.1 Å². The Morgan fingerprint density at radius 2 is 1.85 bits per heavy atom. The van der Waals surface area contributed by atoms with Crippen LogP contribution in [0.2, 0.25) is 0 Å². The van der Waals surface area contributed by atoms with E-state index in [-0.39, 0.29) is 17.3 Å². The minimum Gasteiger partial charge on any atom is -0.384 e. The SMILES string of the molecule is Cc1c(C#N)cccc1-c1nc(N)nc(-c2cnn(Cc3cccc(C(C)(C)O)n3)c2)c1F. The van der Waals surface area contributed by atoms with E-state index >= 15 is 4.39 Å². The van der Waals surface area contributed by atoms with Crippen molar-refractivity contribution in [3.63, 3.8) is 0 Å². The van der Waals surface area contributed by atoms with Crippen molar-refractivity contribution in [3.8, 4) is 28.6 Å². The van der Waals surface area contributed by atoms with Crippen LogP contribution >= 0.6 is 0 Å². The number of anilines is 1. The fourth-order valence-electron chi connectivity index (χ4n) is 3.49. The van der Waals surface area contributed by atoms with Crippen LogP contribution in [0.3, 0.4) is 0 Å². The van der Waals surface area contributed by atoms with E-state index in [4.69, 9.17) is 5.73 Å². The maximum absolute atomic E-state index is 15.5. The van der Waals surface area contributed by atoms with Gasteiger partial charge in [0.25, 0.3) is 0 Å². The zero-order chi connectivity index (χ0) is 23.8. The smallest absolute Gasteiger partial charge is 0.221 e. The summed E-state index contributed by atoms with van der Waals surface area (Å²) >= 11 is 0. The lowest BCUT2D eigenvalue weighted by Gasteiger charge is -2.17. The number of rotatable bonds is 5. The van der Waals surface area contributed by atoms with Crippen LogP contribution in [0.4, 0.5) is 10.3 Å². The normalized spacial score (nSPS) is 11.4. The average molecular weight is 443 g/mol. The third-order valence-corrected chi connectivity index (χ3v) is 5.24. The molecule has 1 aromatic carbocycles. The fraction of sp³-hybridized carbons (Fsp3) is 0.208. The minimum absolute atomic E-state index is 0.0173. The molecule has 0 spiro atoms. The molecule has 4 rings (SSSR count). The topological polar surface area (TPSA) is 127 Å². The highest BCUT2D eigenvalue weighted by atomic mass is 19.1. The molecule has 0 aliphatic heterocycles. The van der Waals surface area contributed by atoms with E-state index in [0.29, 0.717) is 40.2 Å². The molecule has 3 N–H and O–H groups in total. The Hall–Kier alpha value is -4.16. The van der Waals surface area contributed by atoms with Crippen molar-refractivity contribution in [2.75, 3.05) is 5.73 Å². The molecule has 0 aliphatic carbocycles. The van der Waals surface area contributed by atoms with E-state index < -0.39 is 11.4 Å². The van der Waals surface area contributed by atoms with Crippen LogP contribution in [0.15, 0.2) is 48.8 Å². The van der Waals surface area contributed by atoms with Crippen molar-refractivity contribution < 1.29 is 9.50 Å². The zero-order valence-corrected chi connectivity index (χ0v) is 18.4. The van der Waals surface area contributed by atoms with Crippen molar-refractivity contribution in [2.24, 2.45) is 0 Å². The highest BCUT2D eigenvalue weighted by Crippen LogP contribution is 2.31. The minimum atomic E-state index is -1.07. The summed E-state index contributed by atoms with van der Waals surface area (Å²) in [5.74, 6) is -0.737. The van der Waals surface area contributed by atoms with Gasteiger partial charge in [-0.1, -0.05) is 18.2 Å². The second kappa shape index (κ2) is 8.41. The molecule has 33 heavy (non-hydrogen) atoms. The van der Waals surface area contributed by atoms with E-state index in [1.165, 1.54) is 6.20 Å². The number of hydrogen-bond donors (Lipinski definition) is 2. The summed E-state index contributed by atoms with van der Waals surface area (Å²) in [5.41, 5.74) is 8.05. The number of pyridine rings is 1. The summed E-state index contributed by atoms with van der Waals surface area (Å²) in [6, 6.07) is 12.5. The Balaban J connectivity index is 1.70. The second-order valence-electron chi connectivity index (χ2n) is 8.18. The number of aromatic nitrogens is 5. The van der Waals surface area contributed by atoms with Gasteiger partial charge in [-0.25, -0.2) is 14.4 Å². The second-order valence-corrected chi connectivity index (χ2v) is 8.18. The predicted octanol–water partition coefficient (Wildman–Crippen LogP) is 3.58. The summed E-state index contributed by atoms with van der Waals surface area (Å²) in [7, 11) is 0. The summed E-state index contributed by atoms with van der Waals surface area (Å²) < 4.78 is 17.1. The number of halogens is 1. The Morgan fingerprint density at radius 1 is 1.12 bits per heavy atom. The Kier molecular flexibility index (Phi) is 5.62. The van der Waals surface area contributed by atoms with E-state index in [0.717, 1.165) is 0 Å². The molecule has 0 atom stereocenters. The van der Waals surface area contributed by atoms with E-state index in [1.807, 2.05) is 12.1 Å². The van der Waals surface area contributed by atoms with Crippen molar-refractivity contribution in [1.82, 2.24) is 24.7 Å². The lowest BCUT2D eigenvalue weighted by Crippen LogP contribution is -2.18. The molecule has 4 aromatic rings. The van der Waals surface area contributed by atoms with Crippen molar-refractivity contribution in [2.45, 2.75) is 32.9 Å². The van der Waals surface area contributed by atoms with Crippen LogP contribution < -0.4 is 5.73 Å². The molecular formula is C24H22FN7O. The van der Waals surface area contributed by atoms with E-state index in [2.05, 4.69) is 26.1 Å². The standard InChI is InChI=1S/C24H22FN7O/c1-14-15(10-26)6-4-8-18(14)22-20(25)21(30-23(27)31-22)16-11-28-32(12-16)13-17-7-5-9-19(29-17)24(2,3)33/h4-9,11-12,33H,13H2,1-3H3,(H2,27,30,31). The Morgan fingerprint density at radius 3 is 2.58 bits per heavy atom. The highest BCUT2D eigenvalue weighted by molar-refractivity contribution is 5.73. The van der Waals surface area contributed by atoms with Gasteiger partial charge < -0.3 is 10.8 Å². The monoisotopic (exact) mass is 443 g/mol. The van der Waals surface area contributed by atoms with Crippen LogP contribution in [-0.4, -0.2) is 29.8 Å². The first-order valence-electron chi connectivity index (χ1n) is 10.2. The van der Waals surface area contributed by atoms with E-state index in [9.17, 15) is 10.4 Å². The van der Waals surface area contributed by atoms with Crippen LogP contribution in [0.1, 0.15) is 36.4 Å². The van der Waals surface area contributed by atoms with Gasteiger partial charge in [-0.2, -0.15) is 10.4 Å². The van der Waals surface area contributed by atoms with Crippen molar-refractivity contribution >= 4 is 5.95 Å². The third kappa shape index (κ3) is 4.42. The maximum Gasteiger partial charge on any atom is 0.221 e. The van der Waals surface area contributed by atoms with Gasteiger partial charge in [0.15, 0.2) is 5.82 Å². The lowest BCUT2D eigenvalue weighted by atomic mass is 9.99. The molecule has 8 nitrogen and oxygen atoms in total. The molecule has 3 aromatic heterocycles. The van der Waals surface area contributed by atoms with Gasteiger partial charge >= 0.3 is 0 Å². The first kappa shape index (κ1) is 22.0. The number of benzene rings is 1. The number of nitrogens with zero attached hydrogens (tertiary/aromatic N) is 6. The summed E-state index contributed by atoms with van der Waals surface area (Å²) in [4.78, 5) is 12.7. The first-order valence-corrected chi connectivity index (χ1v) is 10.2. The predicted molar refractivity (Wildman–Crippen MR) is 121 cm³/mol. The molecule has 0 unspecified atom stereocenters. The quantitative estimate of drug-likeness (QED) is 0.483. The molecule has 0 saturated heterocycles. The molecule has 0 fully saturated rings. The van der Waals surface area contributed by atoms with Crippen LogP contribution in [0, 0.1) is 24.1 Å². The summed E-state index contributed by atoms with van der Waals surface area (Å²) in [6.07, 6.45) is 3.14. The fourth-order valence-corrected chi connectivity index (χ4v) is 3.49. The van der Waals surface area contributed by atoms with Gasteiger partial charge in [0.2, 0.25) is 5.95 Å². The van der Waals surface area contributed by atoms with Crippen LogP contribution in [0.5, 0.6) is 0 Å². The first-order chi connectivity index (χ1) is 15.7. The van der Waals surface area contributed by atoms with Gasteiger partial charge in [-0.05, 0) is 44.5 Å². The molecule has 0 saturated carbocycles. The summed E-state index contributed by atoms with van der Waals surface area (Å²) in [6.45, 7) is 5.39. The number of hydrogen-bond acceptors (Lipinski definition) is 7. The Bertz CT molecular complexity index is 1380. The molecule has 0 bridgehead atoms. The third-order valence-electron chi connectivity index (χ3n) is 5.24.